The number of benzene rings is 1. The van der Waals surface area contributed by atoms with Gasteiger partial charge in [0.2, 0.25) is 5.91 Å². The maximum atomic E-state index is 11.7. The molecule has 1 aromatic rings. The monoisotopic (exact) mass is 271 g/mol. The van der Waals surface area contributed by atoms with Crippen LogP contribution in [0.25, 0.3) is 0 Å². The molecule has 4 heteroatoms. The van der Waals surface area contributed by atoms with Crippen LogP contribution in [0, 0.1) is 11.3 Å². The summed E-state index contributed by atoms with van der Waals surface area (Å²) in [5.74, 6) is 0.280. The summed E-state index contributed by atoms with van der Waals surface area (Å²) in [6, 6.07) is 9.89. The molecule has 1 aliphatic heterocycles. The topological polar surface area (TPSA) is 47.3 Å². The van der Waals surface area contributed by atoms with Gasteiger partial charge in [0.05, 0.1) is 11.6 Å². The first-order valence-corrected chi connectivity index (χ1v) is 7.15. The number of hydrogen-bond acceptors (Lipinski definition) is 3. The molecule has 0 radical (unpaired) electrons. The first-order valence-electron chi connectivity index (χ1n) is 7.15. The lowest BCUT2D eigenvalue weighted by Gasteiger charge is -2.28. The molecule has 0 spiro atoms. The number of likely N-dealkylation sites (N-methyl/N-ethyl adjacent to an activating group) is 1. The van der Waals surface area contributed by atoms with Crippen LogP contribution in [0.3, 0.4) is 0 Å². The smallest absolute Gasteiger partial charge is 0.222 e. The Kier molecular flexibility index (Phi) is 5.14. The van der Waals surface area contributed by atoms with E-state index in [1.54, 1.807) is 0 Å². The molecule has 2 rings (SSSR count). The van der Waals surface area contributed by atoms with Crippen molar-refractivity contribution in [3.05, 3.63) is 35.4 Å². The number of hydrogen-bond donors (Lipinski definition) is 0. The highest BCUT2D eigenvalue weighted by Gasteiger charge is 2.17. The zero-order valence-electron chi connectivity index (χ0n) is 12.0. The zero-order valence-corrected chi connectivity index (χ0v) is 12.0. The molecule has 4 nitrogen and oxygen atoms in total. The number of amides is 1. The van der Waals surface area contributed by atoms with Crippen LogP contribution in [0.5, 0.6) is 0 Å². The average molecular weight is 271 g/mol. The van der Waals surface area contributed by atoms with Crippen LogP contribution >= 0.6 is 0 Å². The van der Waals surface area contributed by atoms with E-state index in [2.05, 4.69) is 11.0 Å². The lowest BCUT2D eigenvalue weighted by atomic mass is 10.1. The number of carbonyl (C=O) groups is 1. The summed E-state index contributed by atoms with van der Waals surface area (Å²) in [5, 5.41) is 9.08. The third-order valence-corrected chi connectivity index (χ3v) is 3.75. The first kappa shape index (κ1) is 14.5. The molecule has 0 saturated carbocycles. The molecule has 0 atom stereocenters. The fraction of sp³-hybridized carbons (Fsp3) is 0.500. The molecule has 0 aromatic heterocycles. The summed E-state index contributed by atoms with van der Waals surface area (Å²) >= 11 is 0. The summed E-state index contributed by atoms with van der Waals surface area (Å²) in [5.41, 5.74) is 1.77. The van der Waals surface area contributed by atoms with Gasteiger partial charge in [-0.05, 0) is 31.5 Å². The zero-order chi connectivity index (χ0) is 14.4. The maximum absolute atomic E-state index is 11.7. The Morgan fingerprint density at radius 2 is 2.15 bits per heavy atom. The molecule has 1 amide bonds. The van der Waals surface area contributed by atoms with Gasteiger partial charge < -0.3 is 9.80 Å². The van der Waals surface area contributed by atoms with Gasteiger partial charge in [0, 0.05) is 32.6 Å². The molecule has 0 bridgehead atoms. The largest absolute Gasteiger partial charge is 0.341 e. The molecule has 1 heterocycles. The molecule has 106 valence electrons. The molecule has 0 aliphatic carbocycles. The third-order valence-electron chi connectivity index (χ3n) is 3.75. The van der Waals surface area contributed by atoms with E-state index in [9.17, 15) is 4.79 Å². The van der Waals surface area contributed by atoms with Crippen LogP contribution in [0.2, 0.25) is 0 Å². The van der Waals surface area contributed by atoms with Crippen molar-refractivity contribution >= 4 is 5.91 Å². The Morgan fingerprint density at radius 3 is 2.90 bits per heavy atom. The first-order chi connectivity index (χ1) is 9.70. The Hall–Kier alpha value is -1.86. The van der Waals surface area contributed by atoms with Crippen molar-refractivity contribution < 1.29 is 4.79 Å². The van der Waals surface area contributed by atoms with Crippen molar-refractivity contribution in [1.29, 1.82) is 5.26 Å². The lowest BCUT2D eigenvalue weighted by Crippen LogP contribution is -2.40. The quantitative estimate of drug-likeness (QED) is 0.823. The molecule has 1 fully saturated rings. The minimum Gasteiger partial charge on any atom is -0.341 e. The highest BCUT2D eigenvalue weighted by Crippen LogP contribution is 2.12. The van der Waals surface area contributed by atoms with E-state index in [-0.39, 0.29) is 5.91 Å². The van der Waals surface area contributed by atoms with Crippen molar-refractivity contribution in [2.24, 2.45) is 0 Å². The molecule has 0 N–H and O–H groups in total. The predicted octanol–water partition coefficient (Wildman–Crippen LogP) is 2.00. The van der Waals surface area contributed by atoms with Gasteiger partial charge in [-0.15, -0.1) is 0 Å². The fourth-order valence-corrected chi connectivity index (χ4v) is 2.53. The van der Waals surface area contributed by atoms with Gasteiger partial charge in [-0.1, -0.05) is 18.2 Å². The number of carbonyl (C=O) groups excluding carboxylic acids is 1. The standard InChI is InChI=1S/C16H21N3O/c1-18(10-11-19-9-5-4-8-16(19)20)13-15-7-3-2-6-14(15)12-17/h2-3,6-7H,4-5,8-11,13H2,1H3. The second kappa shape index (κ2) is 7.06. The van der Waals surface area contributed by atoms with Crippen LogP contribution in [-0.4, -0.2) is 42.4 Å². The van der Waals surface area contributed by atoms with E-state index in [0.29, 0.717) is 6.42 Å². The number of likely N-dealkylation sites (tertiary alicyclic amines) is 1. The summed E-state index contributed by atoms with van der Waals surface area (Å²) < 4.78 is 0. The molecule has 1 aromatic carbocycles. The summed E-state index contributed by atoms with van der Waals surface area (Å²) in [6.45, 7) is 3.25. The Bertz CT molecular complexity index is 507. The Balaban J connectivity index is 1.85. The highest BCUT2D eigenvalue weighted by atomic mass is 16.2. The SMILES string of the molecule is CN(CCN1CCCCC1=O)Cc1ccccc1C#N. The van der Waals surface area contributed by atoms with E-state index in [1.165, 1.54) is 0 Å². The molecule has 20 heavy (non-hydrogen) atoms. The van der Waals surface area contributed by atoms with Crippen molar-refractivity contribution in [1.82, 2.24) is 9.80 Å². The normalized spacial score (nSPS) is 15.4. The fourth-order valence-electron chi connectivity index (χ4n) is 2.53. The third kappa shape index (κ3) is 3.82. The van der Waals surface area contributed by atoms with Gasteiger partial charge in [-0.2, -0.15) is 5.26 Å². The van der Waals surface area contributed by atoms with E-state index in [1.807, 2.05) is 36.2 Å². The second-order valence-electron chi connectivity index (χ2n) is 5.34. The van der Waals surface area contributed by atoms with Gasteiger partial charge in [0.25, 0.3) is 0 Å². The van der Waals surface area contributed by atoms with Crippen LogP contribution in [0.15, 0.2) is 24.3 Å². The molecular weight excluding hydrogens is 250 g/mol. The van der Waals surface area contributed by atoms with Gasteiger partial charge in [0.15, 0.2) is 0 Å². The average Bonchev–Trinajstić information content (AvgIpc) is 2.47. The van der Waals surface area contributed by atoms with Gasteiger partial charge in [-0.25, -0.2) is 0 Å². The lowest BCUT2D eigenvalue weighted by molar-refractivity contribution is -0.133. The van der Waals surface area contributed by atoms with E-state index >= 15 is 0 Å². The van der Waals surface area contributed by atoms with Crippen molar-refractivity contribution in [3.63, 3.8) is 0 Å². The minimum atomic E-state index is 0.280. The maximum Gasteiger partial charge on any atom is 0.222 e. The highest BCUT2D eigenvalue weighted by molar-refractivity contribution is 5.76. The van der Waals surface area contributed by atoms with E-state index in [4.69, 9.17) is 5.26 Å². The molecular formula is C16H21N3O. The molecule has 0 unspecified atom stereocenters. The number of nitrogens with zero attached hydrogens (tertiary/aromatic N) is 3. The summed E-state index contributed by atoms with van der Waals surface area (Å²) in [6.07, 6.45) is 2.84. The van der Waals surface area contributed by atoms with Crippen LogP contribution < -0.4 is 0 Å². The number of piperidine rings is 1. The van der Waals surface area contributed by atoms with Crippen molar-refractivity contribution in [3.8, 4) is 6.07 Å². The van der Waals surface area contributed by atoms with Crippen LogP contribution in [0.1, 0.15) is 30.4 Å². The van der Waals surface area contributed by atoms with Crippen molar-refractivity contribution in [2.45, 2.75) is 25.8 Å². The second-order valence-corrected chi connectivity index (χ2v) is 5.34. The van der Waals surface area contributed by atoms with Gasteiger partial charge in [-0.3, -0.25) is 4.79 Å². The van der Waals surface area contributed by atoms with Crippen molar-refractivity contribution in [2.75, 3.05) is 26.7 Å². The minimum absolute atomic E-state index is 0.280. The van der Waals surface area contributed by atoms with Gasteiger partial charge in [0.1, 0.15) is 0 Å². The number of rotatable bonds is 5. The number of nitriles is 1. The van der Waals surface area contributed by atoms with E-state index in [0.717, 1.165) is 50.1 Å². The Labute approximate surface area is 120 Å². The van der Waals surface area contributed by atoms with Gasteiger partial charge >= 0.3 is 0 Å². The Morgan fingerprint density at radius 1 is 1.35 bits per heavy atom. The molecule has 1 aliphatic rings. The predicted molar refractivity (Wildman–Crippen MR) is 77.9 cm³/mol. The van der Waals surface area contributed by atoms with E-state index < -0.39 is 0 Å². The summed E-state index contributed by atoms with van der Waals surface area (Å²) in [4.78, 5) is 15.8. The van der Waals surface area contributed by atoms with Crippen LogP contribution in [-0.2, 0) is 11.3 Å². The molecule has 1 saturated heterocycles. The van der Waals surface area contributed by atoms with Crippen LogP contribution in [0.4, 0.5) is 0 Å². The summed E-state index contributed by atoms with van der Waals surface area (Å²) in [7, 11) is 2.03.